The van der Waals surface area contributed by atoms with Crippen LogP contribution < -0.4 is 0 Å². The predicted octanol–water partition coefficient (Wildman–Crippen LogP) is 2.85. The van der Waals surface area contributed by atoms with E-state index in [1.807, 2.05) is 37.3 Å². The molecule has 0 saturated carbocycles. The van der Waals surface area contributed by atoms with Gasteiger partial charge in [0.2, 0.25) is 0 Å². The number of furan rings is 1. The molecule has 1 aromatic heterocycles. The molecule has 0 bridgehead atoms. The number of thioether (sulfide) groups is 1. The van der Waals surface area contributed by atoms with Gasteiger partial charge in [0, 0.05) is 18.3 Å². The molecule has 1 aromatic rings. The summed E-state index contributed by atoms with van der Waals surface area (Å²) in [6, 6.07) is 3.35. The van der Waals surface area contributed by atoms with E-state index in [1.165, 1.54) is 0 Å². The van der Waals surface area contributed by atoms with Crippen molar-refractivity contribution in [3.8, 4) is 0 Å². The number of carbonyl (C=O) groups is 1. The Balaban J connectivity index is 2.53. The Bertz CT molecular complexity index is 517. The summed E-state index contributed by atoms with van der Waals surface area (Å²) in [7, 11) is 1.92. The molecule has 0 radical (unpaired) electrons. The Morgan fingerprint density at radius 3 is 2.78 bits per heavy atom. The molecule has 96 valence electrons. The lowest BCUT2D eigenvalue weighted by atomic mass is 9.98. The highest BCUT2D eigenvalue weighted by atomic mass is 32.2. The Morgan fingerprint density at radius 2 is 2.28 bits per heavy atom. The summed E-state index contributed by atoms with van der Waals surface area (Å²) in [6.07, 6.45) is 3.58. The number of ketones is 1. The second-order valence-electron chi connectivity index (χ2n) is 4.15. The maximum absolute atomic E-state index is 11.9. The highest BCUT2D eigenvalue weighted by Gasteiger charge is 2.31. The van der Waals surface area contributed by atoms with Gasteiger partial charge in [-0.25, -0.2) is 4.99 Å². The Labute approximate surface area is 111 Å². The lowest BCUT2D eigenvalue weighted by molar-refractivity contribution is -0.114. The maximum Gasteiger partial charge on any atom is 0.163 e. The van der Waals surface area contributed by atoms with Crippen LogP contribution in [0, 0.1) is 0 Å². The fourth-order valence-corrected chi connectivity index (χ4v) is 2.69. The molecule has 0 saturated heterocycles. The monoisotopic (exact) mass is 264 g/mol. The molecule has 1 atom stereocenters. The molecule has 0 aromatic carbocycles. The minimum atomic E-state index is -0.323. The highest BCUT2D eigenvalue weighted by molar-refractivity contribution is 8.13. The molecule has 1 aliphatic rings. The van der Waals surface area contributed by atoms with Crippen molar-refractivity contribution in [2.45, 2.75) is 19.9 Å². The summed E-state index contributed by atoms with van der Waals surface area (Å²) in [5.41, 5.74) is 1.63. The van der Waals surface area contributed by atoms with E-state index in [2.05, 4.69) is 4.99 Å². The lowest BCUT2D eigenvalue weighted by Gasteiger charge is -2.30. The largest absolute Gasteiger partial charge is 0.467 e. The van der Waals surface area contributed by atoms with Gasteiger partial charge in [-0.2, -0.15) is 0 Å². The van der Waals surface area contributed by atoms with Crippen LogP contribution in [-0.2, 0) is 4.79 Å². The van der Waals surface area contributed by atoms with Crippen LogP contribution in [0.2, 0.25) is 0 Å². The van der Waals surface area contributed by atoms with Crippen molar-refractivity contribution in [2.24, 2.45) is 4.99 Å². The number of hydrogen-bond donors (Lipinski definition) is 0. The molecule has 2 heterocycles. The fourth-order valence-electron chi connectivity index (χ4n) is 2.07. The molecule has 5 heteroatoms. The minimum absolute atomic E-state index is 0.0321. The first-order valence-electron chi connectivity index (χ1n) is 5.67. The van der Waals surface area contributed by atoms with Crippen LogP contribution in [0.5, 0.6) is 0 Å². The minimum Gasteiger partial charge on any atom is -0.467 e. The summed E-state index contributed by atoms with van der Waals surface area (Å²) in [5, 5.41) is 0.888. The molecule has 4 nitrogen and oxygen atoms in total. The number of amidine groups is 1. The second kappa shape index (κ2) is 5.02. The summed E-state index contributed by atoms with van der Waals surface area (Å²) >= 11 is 1.56. The molecule has 0 amide bonds. The van der Waals surface area contributed by atoms with Crippen LogP contribution in [0.3, 0.4) is 0 Å². The molecule has 0 spiro atoms. The van der Waals surface area contributed by atoms with Crippen LogP contribution in [-0.4, -0.2) is 29.2 Å². The van der Waals surface area contributed by atoms with Gasteiger partial charge in [-0.15, -0.1) is 0 Å². The second-order valence-corrected chi connectivity index (χ2v) is 4.92. The van der Waals surface area contributed by atoms with E-state index in [9.17, 15) is 4.79 Å². The normalized spacial score (nSPS) is 20.1. The quantitative estimate of drug-likeness (QED) is 0.824. The van der Waals surface area contributed by atoms with Crippen molar-refractivity contribution in [3.63, 3.8) is 0 Å². The van der Waals surface area contributed by atoms with E-state index in [0.29, 0.717) is 11.3 Å². The van der Waals surface area contributed by atoms with Gasteiger partial charge in [0.05, 0.1) is 6.26 Å². The van der Waals surface area contributed by atoms with Gasteiger partial charge in [-0.05, 0) is 32.2 Å². The van der Waals surface area contributed by atoms with E-state index >= 15 is 0 Å². The van der Waals surface area contributed by atoms with Crippen LogP contribution >= 0.6 is 11.8 Å². The fraction of sp³-hybridized carbons (Fsp3) is 0.385. The van der Waals surface area contributed by atoms with Gasteiger partial charge in [-0.3, -0.25) is 4.79 Å². The zero-order valence-electron chi connectivity index (χ0n) is 10.9. The molecule has 1 aliphatic heterocycles. The number of rotatable bonds is 2. The predicted molar refractivity (Wildman–Crippen MR) is 73.5 cm³/mol. The molecule has 0 fully saturated rings. The summed E-state index contributed by atoms with van der Waals surface area (Å²) in [4.78, 5) is 18.4. The van der Waals surface area contributed by atoms with Crippen molar-refractivity contribution >= 4 is 22.7 Å². The Hall–Kier alpha value is -1.49. The van der Waals surface area contributed by atoms with Crippen LogP contribution in [0.25, 0.3) is 0 Å². The first-order chi connectivity index (χ1) is 8.56. The van der Waals surface area contributed by atoms with Gasteiger partial charge >= 0.3 is 0 Å². The molecule has 0 unspecified atom stereocenters. The van der Waals surface area contributed by atoms with Crippen molar-refractivity contribution in [3.05, 3.63) is 35.4 Å². The zero-order valence-corrected chi connectivity index (χ0v) is 11.7. The van der Waals surface area contributed by atoms with Gasteiger partial charge in [0.25, 0.3) is 0 Å². The van der Waals surface area contributed by atoms with Crippen molar-refractivity contribution in [2.75, 3.05) is 13.3 Å². The van der Waals surface area contributed by atoms with E-state index in [-0.39, 0.29) is 11.8 Å². The van der Waals surface area contributed by atoms with Gasteiger partial charge < -0.3 is 9.32 Å². The number of allylic oxidation sites excluding steroid dienone is 1. The van der Waals surface area contributed by atoms with Gasteiger partial charge in [0.1, 0.15) is 11.8 Å². The van der Waals surface area contributed by atoms with E-state index < -0.39 is 0 Å². The molecule has 0 aliphatic carbocycles. The number of nitrogens with zero attached hydrogens (tertiary/aromatic N) is 2. The summed E-state index contributed by atoms with van der Waals surface area (Å²) < 4.78 is 5.41. The number of hydrogen-bond acceptors (Lipinski definition) is 5. The van der Waals surface area contributed by atoms with Crippen molar-refractivity contribution in [1.82, 2.24) is 4.90 Å². The van der Waals surface area contributed by atoms with E-state index in [1.54, 1.807) is 24.9 Å². The Morgan fingerprint density at radius 1 is 1.56 bits per heavy atom. The van der Waals surface area contributed by atoms with Crippen LogP contribution in [0.4, 0.5) is 0 Å². The third-order valence-electron chi connectivity index (χ3n) is 3.07. The first-order valence-corrected chi connectivity index (χ1v) is 6.89. The van der Waals surface area contributed by atoms with Gasteiger partial charge in [0.15, 0.2) is 11.0 Å². The molecular weight excluding hydrogens is 248 g/mol. The number of Topliss-reactive ketones (excluding diaryl/α,β-unsaturated/α-hetero) is 1. The zero-order chi connectivity index (χ0) is 13.3. The maximum atomic E-state index is 11.9. The topological polar surface area (TPSA) is 45.8 Å². The van der Waals surface area contributed by atoms with E-state index in [0.717, 1.165) is 10.9 Å². The summed E-state index contributed by atoms with van der Waals surface area (Å²) in [5.74, 6) is 0.740. The first kappa shape index (κ1) is 13.0. The smallest absolute Gasteiger partial charge is 0.163 e. The molecular formula is C13H16N2O2S. The third-order valence-corrected chi connectivity index (χ3v) is 3.81. The van der Waals surface area contributed by atoms with Crippen molar-refractivity contribution in [1.29, 1.82) is 0 Å². The molecule has 2 rings (SSSR count). The van der Waals surface area contributed by atoms with E-state index in [4.69, 9.17) is 4.42 Å². The SMILES string of the molecule is CSC1=N[C@H](c2ccco2)C(C(C)=O)=C(C)N1C. The molecule has 0 N–H and O–H groups in total. The van der Waals surface area contributed by atoms with Crippen LogP contribution in [0.1, 0.15) is 25.6 Å². The average molecular weight is 264 g/mol. The standard InChI is InChI=1S/C13H16N2O2S/c1-8-11(9(2)16)12(10-6-5-7-17-10)14-13(18-4)15(8)3/h5-7,12H,1-4H3/t12-/m1/s1. The highest BCUT2D eigenvalue weighted by Crippen LogP contribution is 2.35. The third kappa shape index (κ3) is 2.10. The summed E-state index contributed by atoms with van der Waals surface area (Å²) in [6.45, 7) is 3.51. The Kier molecular flexibility index (Phi) is 3.61. The average Bonchev–Trinajstić information content (AvgIpc) is 2.85. The lowest BCUT2D eigenvalue weighted by Crippen LogP contribution is -2.30. The van der Waals surface area contributed by atoms with Crippen LogP contribution in [0.15, 0.2) is 39.1 Å². The molecule has 18 heavy (non-hydrogen) atoms. The van der Waals surface area contributed by atoms with Gasteiger partial charge in [-0.1, -0.05) is 11.8 Å². The number of carbonyl (C=O) groups excluding carboxylic acids is 1. The number of aliphatic imine (C=N–C) groups is 1. The van der Waals surface area contributed by atoms with Crippen molar-refractivity contribution < 1.29 is 9.21 Å².